The smallest absolute Gasteiger partial charge is 0.339 e. The average molecular weight is 269 g/mol. The van der Waals surface area contributed by atoms with E-state index in [2.05, 4.69) is 0 Å². The highest BCUT2D eigenvalue weighted by atomic mass is 16.5. The van der Waals surface area contributed by atoms with E-state index >= 15 is 0 Å². The van der Waals surface area contributed by atoms with Crippen LogP contribution in [0.2, 0.25) is 0 Å². The molecule has 2 rings (SSSR count). The fourth-order valence-electron chi connectivity index (χ4n) is 2.49. The number of nitrogens with zero attached hydrogens (tertiary/aromatic N) is 1. The zero-order valence-electron chi connectivity index (χ0n) is 11.1. The largest absolute Gasteiger partial charge is 0.478 e. The Balaban J connectivity index is 2.09. The molecule has 1 saturated heterocycles. The molecule has 0 amide bonds. The molecule has 1 aromatic rings. The molecule has 0 radical (unpaired) electrons. The third kappa shape index (κ3) is 3.34. The van der Waals surface area contributed by atoms with Crippen LogP contribution in [0.15, 0.2) is 16.7 Å². The highest BCUT2D eigenvalue weighted by molar-refractivity contribution is 5.88. The summed E-state index contributed by atoms with van der Waals surface area (Å²) in [6.45, 7) is 5.45. The van der Waals surface area contributed by atoms with Gasteiger partial charge in [0.25, 0.3) is 0 Å². The van der Waals surface area contributed by atoms with Gasteiger partial charge in [-0.05, 0) is 19.9 Å². The zero-order chi connectivity index (χ0) is 14.0. The third-order valence-electron chi connectivity index (χ3n) is 3.10. The molecule has 106 valence electrons. The number of morpholine rings is 1. The van der Waals surface area contributed by atoms with E-state index in [1.54, 1.807) is 0 Å². The minimum Gasteiger partial charge on any atom is -0.478 e. The molecule has 1 atom stereocenters. The second kappa shape index (κ2) is 5.32. The van der Waals surface area contributed by atoms with Gasteiger partial charge in [0.2, 0.25) is 0 Å². The fourth-order valence-corrected chi connectivity index (χ4v) is 2.49. The predicted molar refractivity (Wildman–Crippen MR) is 67.0 cm³/mol. The number of hydrogen-bond donors (Lipinski definition) is 2. The van der Waals surface area contributed by atoms with Crippen molar-refractivity contribution in [3.63, 3.8) is 0 Å². The fraction of sp³-hybridized carbons (Fsp3) is 0.615. The van der Waals surface area contributed by atoms with Gasteiger partial charge >= 0.3 is 5.97 Å². The number of aromatic carboxylic acids is 1. The minimum absolute atomic E-state index is 0.0517. The summed E-state index contributed by atoms with van der Waals surface area (Å²) in [5, 5.41) is 18.3. The van der Waals surface area contributed by atoms with Crippen molar-refractivity contribution in [3.05, 3.63) is 23.7 Å². The summed E-state index contributed by atoms with van der Waals surface area (Å²) in [5.41, 5.74) is -0.188. The molecule has 0 saturated carbocycles. The molecule has 1 fully saturated rings. The molecule has 0 aromatic carbocycles. The van der Waals surface area contributed by atoms with Crippen LogP contribution in [0.4, 0.5) is 0 Å². The van der Waals surface area contributed by atoms with Gasteiger partial charge in [0, 0.05) is 13.1 Å². The van der Waals surface area contributed by atoms with Crippen LogP contribution in [0.25, 0.3) is 0 Å². The molecule has 1 aromatic heterocycles. The molecule has 1 aliphatic rings. The van der Waals surface area contributed by atoms with Crippen LogP contribution in [0.3, 0.4) is 0 Å². The number of ether oxygens (including phenoxy) is 1. The molecular formula is C13H19NO5. The van der Waals surface area contributed by atoms with Crippen LogP contribution in [-0.4, -0.2) is 52.5 Å². The summed E-state index contributed by atoms with van der Waals surface area (Å²) in [7, 11) is 0. The van der Waals surface area contributed by atoms with Crippen LogP contribution < -0.4 is 0 Å². The number of carbonyl (C=O) groups is 1. The topological polar surface area (TPSA) is 83.1 Å². The standard InChI is InChI=1S/C13H19NO5/c1-13(2)8-14(5-9(7-15)19-13)6-11-10(12(16)17)3-4-18-11/h3-4,9,15H,5-8H2,1-2H3,(H,16,17). The lowest BCUT2D eigenvalue weighted by Crippen LogP contribution is -2.53. The first-order valence-corrected chi connectivity index (χ1v) is 6.22. The number of rotatable bonds is 4. The van der Waals surface area contributed by atoms with Crippen molar-refractivity contribution in [1.29, 1.82) is 0 Å². The van der Waals surface area contributed by atoms with Crippen molar-refractivity contribution in [2.45, 2.75) is 32.1 Å². The summed E-state index contributed by atoms with van der Waals surface area (Å²) in [5.74, 6) is -0.558. The maximum absolute atomic E-state index is 11.0. The molecule has 2 N–H and O–H groups in total. The lowest BCUT2D eigenvalue weighted by molar-refractivity contribution is -0.151. The number of hydrogen-bond acceptors (Lipinski definition) is 5. The van der Waals surface area contributed by atoms with Gasteiger partial charge in [-0.25, -0.2) is 4.79 Å². The van der Waals surface area contributed by atoms with Gasteiger partial charge in [-0.15, -0.1) is 0 Å². The lowest BCUT2D eigenvalue weighted by atomic mass is 10.0. The Morgan fingerprint density at radius 3 is 2.95 bits per heavy atom. The van der Waals surface area contributed by atoms with Crippen LogP contribution in [0.5, 0.6) is 0 Å². The molecule has 1 aliphatic heterocycles. The molecule has 0 aliphatic carbocycles. The Hall–Kier alpha value is -1.37. The molecule has 19 heavy (non-hydrogen) atoms. The van der Waals surface area contributed by atoms with E-state index in [0.29, 0.717) is 25.4 Å². The van der Waals surface area contributed by atoms with Gasteiger partial charge in [-0.2, -0.15) is 0 Å². The second-order valence-corrected chi connectivity index (χ2v) is 5.41. The molecule has 6 nitrogen and oxygen atoms in total. The summed E-state index contributed by atoms with van der Waals surface area (Å²) >= 11 is 0. The van der Waals surface area contributed by atoms with E-state index in [1.807, 2.05) is 18.7 Å². The highest BCUT2D eigenvalue weighted by Gasteiger charge is 2.33. The summed E-state index contributed by atoms with van der Waals surface area (Å²) in [6, 6.07) is 1.45. The first kappa shape index (κ1) is 14.0. The zero-order valence-corrected chi connectivity index (χ0v) is 11.1. The quantitative estimate of drug-likeness (QED) is 0.846. The van der Waals surface area contributed by atoms with Gasteiger partial charge in [0.05, 0.1) is 31.1 Å². The first-order chi connectivity index (χ1) is 8.91. The molecule has 6 heteroatoms. The van der Waals surface area contributed by atoms with Crippen molar-refractivity contribution < 1.29 is 24.2 Å². The van der Waals surface area contributed by atoms with Gasteiger partial charge in [-0.1, -0.05) is 0 Å². The summed E-state index contributed by atoms with van der Waals surface area (Å²) < 4.78 is 11.0. The van der Waals surface area contributed by atoms with Crippen LogP contribution in [-0.2, 0) is 11.3 Å². The summed E-state index contributed by atoms with van der Waals surface area (Å²) in [4.78, 5) is 13.1. The normalized spacial score (nSPS) is 23.4. The van der Waals surface area contributed by atoms with Gasteiger partial charge in [0.15, 0.2) is 0 Å². The van der Waals surface area contributed by atoms with E-state index in [1.165, 1.54) is 12.3 Å². The van der Waals surface area contributed by atoms with E-state index in [0.717, 1.165) is 0 Å². The SMILES string of the molecule is CC1(C)CN(Cc2occc2C(=O)O)CC(CO)O1. The van der Waals surface area contributed by atoms with Crippen molar-refractivity contribution in [2.75, 3.05) is 19.7 Å². The monoisotopic (exact) mass is 269 g/mol. The van der Waals surface area contributed by atoms with Crippen LogP contribution in [0, 0.1) is 0 Å². The van der Waals surface area contributed by atoms with Gasteiger partial charge in [-0.3, -0.25) is 4.90 Å². The number of carboxylic acids is 1. The van der Waals surface area contributed by atoms with Crippen molar-refractivity contribution >= 4 is 5.97 Å². The Morgan fingerprint density at radius 2 is 2.32 bits per heavy atom. The van der Waals surface area contributed by atoms with Crippen molar-refractivity contribution in [2.24, 2.45) is 0 Å². The van der Waals surface area contributed by atoms with Crippen LogP contribution in [0.1, 0.15) is 30.0 Å². The van der Waals surface area contributed by atoms with E-state index in [-0.39, 0.29) is 23.9 Å². The number of aliphatic hydroxyl groups excluding tert-OH is 1. The van der Waals surface area contributed by atoms with E-state index in [9.17, 15) is 9.90 Å². The van der Waals surface area contributed by atoms with Gasteiger partial charge < -0.3 is 19.4 Å². The predicted octanol–water partition coefficient (Wildman–Crippen LogP) is 0.950. The average Bonchev–Trinajstić information content (AvgIpc) is 2.75. The van der Waals surface area contributed by atoms with Crippen molar-refractivity contribution in [1.82, 2.24) is 4.90 Å². The van der Waals surface area contributed by atoms with E-state index < -0.39 is 5.97 Å². The molecule has 0 spiro atoms. The summed E-state index contributed by atoms with van der Waals surface area (Å²) in [6.07, 6.45) is 1.13. The maximum atomic E-state index is 11.0. The molecule has 0 bridgehead atoms. The van der Waals surface area contributed by atoms with Crippen molar-refractivity contribution in [3.8, 4) is 0 Å². The number of furan rings is 1. The number of aliphatic hydroxyl groups is 1. The maximum Gasteiger partial charge on any atom is 0.339 e. The molecule has 1 unspecified atom stereocenters. The first-order valence-electron chi connectivity index (χ1n) is 6.22. The second-order valence-electron chi connectivity index (χ2n) is 5.41. The third-order valence-corrected chi connectivity index (χ3v) is 3.10. The Bertz CT molecular complexity index is 454. The highest BCUT2D eigenvalue weighted by Crippen LogP contribution is 2.23. The lowest BCUT2D eigenvalue weighted by Gasteiger charge is -2.42. The Labute approximate surface area is 111 Å². The molecule has 2 heterocycles. The minimum atomic E-state index is -0.991. The Kier molecular flexibility index (Phi) is 3.93. The molecular weight excluding hydrogens is 250 g/mol. The van der Waals surface area contributed by atoms with Gasteiger partial charge in [0.1, 0.15) is 11.3 Å². The number of carboxylic acid groups (broad SMARTS) is 1. The Morgan fingerprint density at radius 1 is 1.58 bits per heavy atom. The van der Waals surface area contributed by atoms with Crippen LogP contribution >= 0.6 is 0 Å². The van der Waals surface area contributed by atoms with E-state index in [4.69, 9.17) is 14.3 Å².